The quantitative estimate of drug-likeness (QED) is 0.858. The van der Waals surface area contributed by atoms with Crippen LogP contribution in [0.3, 0.4) is 0 Å². The fourth-order valence-electron chi connectivity index (χ4n) is 3.35. The summed E-state index contributed by atoms with van der Waals surface area (Å²) in [5, 5.41) is 0. The molecule has 0 bridgehead atoms. The number of rotatable bonds is 3. The molecule has 1 aliphatic rings. The molecule has 110 valence electrons. The Morgan fingerprint density at radius 1 is 1.19 bits per heavy atom. The van der Waals surface area contributed by atoms with E-state index in [0.717, 1.165) is 30.3 Å². The van der Waals surface area contributed by atoms with E-state index in [1.807, 2.05) is 6.92 Å². The minimum Gasteiger partial charge on any atom is -0.353 e. The zero-order valence-corrected chi connectivity index (χ0v) is 13.1. The first-order valence-corrected chi connectivity index (χ1v) is 7.85. The molecule has 2 atom stereocenters. The molecule has 2 unspecified atom stereocenters. The number of anilines is 1. The van der Waals surface area contributed by atoms with Crippen molar-refractivity contribution in [3.63, 3.8) is 0 Å². The van der Waals surface area contributed by atoms with Gasteiger partial charge >= 0.3 is 0 Å². The normalized spacial score (nSPS) is 21.8. The lowest BCUT2D eigenvalue weighted by Crippen LogP contribution is -2.30. The predicted octanol–water partition coefficient (Wildman–Crippen LogP) is 3.73. The smallest absolute Gasteiger partial charge is 0.132 e. The van der Waals surface area contributed by atoms with Crippen LogP contribution in [0.1, 0.15) is 43.3 Å². The van der Waals surface area contributed by atoms with E-state index in [4.69, 9.17) is 0 Å². The summed E-state index contributed by atoms with van der Waals surface area (Å²) in [4.78, 5) is 11.6. The highest BCUT2D eigenvalue weighted by atomic mass is 15.2. The number of aryl methyl sites for hydroxylation is 2. The van der Waals surface area contributed by atoms with Gasteiger partial charge in [-0.1, -0.05) is 37.3 Å². The van der Waals surface area contributed by atoms with Gasteiger partial charge in [0.05, 0.1) is 0 Å². The average Bonchev–Trinajstić information content (AvgIpc) is 2.89. The molecule has 1 fully saturated rings. The number of benzene rings is 1. The second kappa shape index (κ2) is 5.84. The van der Waals surface area contributed by atoms with E-state index in [0.29, 0.717) is 12.0 Å². The minimum atomic E-state index is 0.478. The van der Waals surface area contributed by atoms with Gasteiger partial charge in [-0.15, -0.1) is 0 Å². The van der Waals surface area contributed by atoms with Crippen molar-refractivity contribution in [1.29, 1.82) is 0 Å². The Balaban J connectivity index is 1.87. The van der Waals surface area contributed by atoms with E-state index in [2.05, 4.69) is 65.1 Å². The van der Waals surface area contributed by atoms with Gasteiger partial charge in [0.2, 0.25) is 0 Å². The molecular formula is C18H23N3. The van der Waals surface area contributed by atoms with Crippen molar-refractivity contribution in [3.05, 3.63) is 53.5 Å². The fourth-order valence-corrected chi connectivity index (χ4v) is 3.35. The lowest BCUT2D eigenvalue weighted by Gasteiger charge is -2.26. The summed E-state index contributed by atoms with van der Waals surface area (Å²) in [5.74, 6) is 2.55. The highest BCUT2D eigenvalue weighted by Crippen LogP contribution is 2.35. The lowest BCUT2D eigenvalue weighted by atomic mass is 9.93. The van der Waals surface area contributed by atoms with Crippen LogP contribution in [0.5, 0.6) is 0 Å². The summed E-state index contributed by atoms with van der Waals surface area (Å²) < 4.78 is 0. The monoisotopic (exact) mass is 281 g/mol. The molecule has 0 N–H and O–H groups in total. The van der Waals surface area contributed by atoms with Crippen molar-refractivity contribution in [2.45, 2.75) is 45.6 Å². The highest BCUT2D eigenvalue weighted by Gasteiger charge is 2.32. The third-order valence-corrected chi connectivity index (χ3v) is 4.52. The SMILES string of the molecule is CCc1cc(N2CCC(c3ccccc3)C2C)nc(C)n1. The van der Waals surface area contributed by atoms with Gasteiger partial charge in [0.25, 0.3) is 0 Å². The largest absolute Gasteiger partial charge is 0.353 e. The summed E-state index contributed by atoms with van der Waals surface area (Å²) in [6.45, 7) is 7.51. The molecule has 1 aromatic carbocycles. The maximum Gasteiger partial charge on any atom is 0.132 e. The van der Waals surface area contributed by atoms with E-state index >= 15 is 0 Å². The standard InChI is InChI=1S/C18H23N3/c1-4-16-12-18(20-14(3)19-16)21-11-10-17(13(21)2)15-8-6-5-7-9-15/h5-9,12-13,17H,4,10-11H2,1-3H3. The van der Waals surface area contributed by atoms with E-state index in [-0.39, 0.29) is 0 Å². The molecule has 3 heteroatoms. The van der Waals surface area contributed by atoms with Gasteiger partial charge < -0.3 is 4.90 Å². The number of aromatic nitrogens is 2. The first-order valence-electron chi connectivity index (χ1n) is 7.85. The molecule has 0 radical (unpaired) electrons. The van der Waals surface area contributed by atoms with Gasteiger partial charge in [-0.25, -0.2) is 9.97 Å². The lowest BCUT2D eigenvalue weighted by molar-refractivity contribution is 0.631. The highest BCUT2D eigenvalue weighted by molar-refractivity contribution is 5.44. The summed E-state index contributed by atoms with van der Waals surface area (Å²) in [7, 11) is 0. The van der Waals surface area contributed by atoms with Crippen LogP contribution < -0.4 is 4.90 Å². The summed E-state index contributed by atoms with van der Waals surface area (Å²) in [5.41, 5.74) is 2.57. The predicted molar refractivity (Wildman–Crippen MR) is 86.8 cm³/mol. The van der Waals surface area contributed by atoms with Crippen LogP contribution in [-0.2, 0) is 6.42 Å². The van der Waals surface area contributed by atoms with Crippen molar-refractivity contribution >= 4 is 5.82 Å². The summed E-state index contributed by atoms with van der Waals surface area (Å²) in [6, 6.07) is 13.5. The van der Waals surface area contributed by atoms with Crippen LogP contribution in [0.25, 0.3) is 0 Å². The number of hydrogen-bond acceptors (Lipinski definition) is 3. The summed E-state index contributed by atoms with van der Waals surface area (Å²) in [6.07, 6.45) is 2.15. The Morgan fingerprint density at radius 2 is 1.95 bits per heavy atom. The molecule has 0 spiro atoms. The Morgan fingerprint density at radius 3 is 2.67 bits per heavy atom. The molecule has 0 amide bonds. The van der Waals surface area contributed by atoms with Gasteiger partial charge in [0.15, 0.2) is 0 Å². The molecule has 21 heavy (non-hydrogen) atoms. The molecule has 1 aliphatic heterocycles. The molecule has 1 saturated heterocycles. The van der Waals surface area contributed by atoms with Gasteiger partial charge in [-0.2, -0.15) is 0 Å². The zero-order valence-electron chi connectivity index (χ0n) is 13.1. The van der Waals surface area contributed by atoms with Gasteiger partial charge in [0.1, 0.15) is 11.6 Å². The van der Waals surface area contributed by atoms with Crippen LogP contribution in [0, 0.1) is 6.92 Å². The first-order chi connectivity index (χ1) is 10.2. The summed E-state index contributed by atoms with van der Waals surface area (Å²) >= 11 is 0. The Kier molecular flexibility index (Phi) is 3.91. The van der Waals surface area contributed by atoms with Crippen LogP contribution in [-0.4, -0.2) is 22.6 Å². The fraction of sp³-hybridized carbons (Fsp3) is 0.444. The van der Waals surface area contributed by atoms with Crippen LogP contribution in [0.15, 0.2) is 36.4 Å². The number of hydrogen-bond donors (Lipinski definition) is 0. The number of nitrogens with zero attached hydrogens (tertiary/aromatic N) is 3. The van der Waals surface area contributed by atoms with Crippen molar-refractivity contribution < 1.29 is 0 Å². The maximum absolute atomic E-state index is 4.66. The maximum atomic E-state index is 4.66. The Labute approximate surface area is 127 Å². The second-order valence-electron chi connectivity index (χ2n) is 5.86. The van der Waals surface area contributed by atoms with Crippen LogP contribution in [0.4, 0.5) is 5.82 Å². The van der Waals surface area contributed by atoms with E-state index in [1.165, 1.54) is 12.0 Å². The van der Waals surface area contributed by atoms with Crippen molar-refractivity contribution in [3.8, 4) is 0 Å². The molecule has 0 aliphatic carbocycles. The van der Waals surface area contributed by atoms with Crippen molar-refractivity contribution in [1.82, 2.24) is 9.97 Å². The van der Waals surface area contributed by atoms with Gasteiger partial charge in [0, 0.05) is 30.3 Å². The van der Waals surface area contributed by atoms with E-state index in [9.17, 15) is 0 Å². The molecule has 0 saturated carbocycles. The third-order valence-electron chi connectivity index (χ3n) is 4.52. The van der Waals surface area contributed by atoms with Crippen LogP contribution >= 0.6 is 0 Å². The Bertz CT molecular complexity index is 609. The van der Waals surface area contributed by atoms with Crippen molar-refractivity contribution in [2.75, 3.05) is 11.4 Å². The zero-order chi connectivity index (χ0) is 14.8. The first kappa shape index (κ1) is 14.1. The van der Waals surface area contributed by atoms with E-state index in [1.54, 1.807) is 0 Å². The van der Waals surface area contributed by atoms with Crippen LogP contribution in [0.2, 0.25) is 0 Å². The molecule has 3 nitrogen and oxygen atoms in total. The third kappa shape index (κ3) is 2.78. The van der Waals surface area contributed by atoms with Gasteiger partial charge in [-0.3, -0.25) is 0 Å². The minimum absolute atomic E-state index is 0.478. The molecule has 2 aromatic rings. The molecule has 3 rings (SSSR count). The van der Waals surface area contributed by atoms with Gasteiger partial charge in [-0.05, 0) is 32.3 Å². The van der Waals surface area contributed by atoms with Crippen molar-refractivity contribution in [2.24, 2.45) is 0 Å². The second-order valence-corrected chi connectivity index (χ2v) is 5.86. The molecule has 2 heterocycles. The molecular weight excluding hydrogens is 258 g/mol. The Hall–Kier alpha value is -1.90. The topological polar surface area (TPSA) is 29.0 Å². The van der Waals surface area contributed by atoms with E-state index < -0.39 is 0 Å². The molecule has 1 aromatic heterocycles. The average molecular weight is 281 g/mol.